The maximum absolute atomic E-state index is 13.8. The summed E-state index contributed by atoms with van der Waals surface area (Å²) in [6, 6.07) is 6.36. The third kappa shape index (κ3) is 3.50. The van der Waals surface area contributed by atoms with Gasteiger partial charge in [-0.05, 0) is 31.4 Å². The molecule has 0 saturated carbocycles. The number of carbonyl (C=O) groups is 1. The van der Waals surface area contributed by atoms with Crippen LogP contribution in [0.4, 0.5) is 4.39 Å². The molecule has 0 radical (unpaired) electrons. The molecule has 1 aliphatic heterocycles. The minimum Gasteiger partial charge on any atom is -0.342 e. The van der Waals surface area contributed by atoms with Crippen LogP contribution in [0.15, 0.2) is 29.1 Å². The highest BCUT2D eigenvalue weighted by atomic mass is 19.1. The number of halogens is 1. The van der Waals surface area contributed by atoms with E-state index in [4.69, 9.17) is 0 Å². The van der Waals surface area contributed by atoms with Crippen molar-refractivity contribution in [1.82, 2.24) is 19.2 Å². The van der Waals surface area contributed by atoms with Crippen LogP contribution in [0.3, 0.4) is 0 Å². The lowest BCUT2D eigenvalue weighted by atomic mass is 9.96. The second-order valence-corrected chi connectivity index (χ2v) is 6.46. The van der Waals surface area contributed by atoms with Crippen molar-refractivity contribution >= 4 is 5.91 Å². The third-order valence-electron chi connectivity index (χ3n) is 4.79. The lowest BCUT2D eigenvalue weighted by Crippen LogP contribution is -2.41. The first-order valence-electron chi connectivity index (χ1n) is 8.66. The van der Waals surface area contributed by atoms with Crippen molar-refractivity contribution in [2.75, 3.05) is 13.1 Å². The Hall–Kier alpha value is -2.44. The van der Waals surface area contributed by atoms with E-state index in [1.54, 1.807) is 34.7 Å². The first-order valence-corrected chi connectivity index (χ1v) is 8.66. The van der Waals surface area contributed by atoms with Gasteiger partial charge in [0.15, 0.2) is 0 Å². The third-order valence-corrected chi connectivity index (χ3v) is 4.79. The molecule has 1 aromatic heterocycles. The molecular weight excluding hydrogens is 323 g/mol. The number of rotatable bonds is 4. The van der Waals surface area contributed by atoms with Crippen molar-refractivity contribution in [3.05, 3.63) is 52.0 Å². The normalized spacial score (nSPS) is 17.7. The zero-order chi connectivity index (χ0) is 18.0. The van der Waals surface area contributed by atoms with Gasteiger partial charge in [-0.25, -0.2) is 13.9 Å². The molecule has 1 fully saturated rings. The van der Waals surface area contributed by atoms with Crippen LogP contribution in [0.25, 0.3) is 0 Å². The molecule has 1 aromatic carbocycles. The topological polar surface area (TPSA) is 60.1 Å². The zero-order valence-electron chi connectivity index (χ0n) is 14.6. The molecule has 0 bridgehead atoms. The molecule has 1 amide bonds. The van der Waals surface area contributed by atoms with E-state index in [1.807, 2.05) is 6.92 Å². The zero-order valence-corrected chi connectivity index (χ0v) is 14.6. The summed E-state index contributed by atoms with van der Waals surface area (Å²) in [4.78, 5) is 26.5. The summed E-state index contributed by atoms with van der Waals surface area (Å²) < 4.78 is 16.8. The predicted molar refractivity (Wildman–Crippen MR) is 91.8 cm³/mol. The van der Waals surface area contributed by atoms with Gasteiger partial charge in [-0.15, -0.1) is 0 Å². The first kappa shape index (κ1) is 17.4. The lowest BCUT2D eigenvalue weighted by molar-refractivity contribution is -0.131. The van der Waals surface area contributed by atoms with E-state index in [2.05, 4.69) is 5.10 Å². The maximum atomic E-state index is 13.8. The van der Waals surface area contributed by atoms with Crippen LogP contribution < -0.4 is 5.69 Å². The van der Waals surface area contributed by atoms with Gasteiger partial charge in [-0.2, -0.15) is 5.10 Å². The van der Waals surface area contributed by atoms with Crippen molar-refractivity contribution in [3.8, 4) is 0 Å². The molecule has 6 nitrogen and oxygen atoms in total. The summed E-state index contributed by atoms with van der Waals surface area (Å²) >= 11 is 0. The summed E-state index contributed by atoms with van der Waals surface area (Å²) in [6.07, 6.45) is 1.80. The van der Waals surface area contributed by atoms with Crippen LogP contribution in [0, 0.1) is 5.82 Å². The molecule has 1 unspecified atom stereocenters. The summed E-state index contributed by atoms with van der Waals surface area (Å²) in [5.41, 5.74) is 0.283. The Morgan fingerprint density at radius 3 is 2.84 bits per heavy atom. The molecule has 1 atom stereocenters. The van der Waals surface area contributed by atoms with Crippen molar-refractivity contribution in [3.63, 3.8) is 0 Å². The van der Waals surface area contributed by atoms with E-state index in [0.717, 1.165) is 18.7 Å². The number of nitrogens with zero attached hydrogens (tertiary/aromatic N) is 4. The fraction of sp³-hybridized carbons (Fsp3) is 0.500. The average Bonchev–Trinajstić information content (AvgIpc) is 2.91. The number of piperidine rings is 1. The van der Waals surface area contributed by atoms with Crippen molar-refractivity contribution in [2.45, 2.75) is 38.6 Å². The summed E-state index contributed by atoms with van der Waals surface area (Å²) in [6.45, 7) is 3.65. The fourth-order valence-electron chi connectivity index (χ4n) is 3.45. The molecule has 3 rings (SSSR count). The van der Waals surface area contributed by atoms with Gasteiger partial charge in [0, 0.05) is 32.6 Å². The monoisotopic (exact) mass is 346 g/mol. The Kier molecular flexibility index (Phi) is 5.01. The molecule has 7 heteroatoms. The number of benzene rings is 1. The first-order chi connectivity index (χ1) is 12.0. The average molecular weight is 346 g/mol. The van der Waals surface area contributed by atoms with E-state index < -0.39 is 0 Å². The van der Waals surface area contributed by atoms with E-state index in [0.29, 0.717) is 25.2 Å². The Bertz CT molecular complexity index is 827. The van der Waals surface area contributed by atoms with Gasteiger partial charge in [0.05, 0.1) is 6.42 Å². The molecule has 2 aromatic rings. The van der Waals surface area contributed by atoms with E-state index >= 15 is 0 Å². The summed E-state index contributed by atoms with van der Waals surface area (Å²) in [7, 11) is 1.64. The van der Waals surface area contributed by atoms with Gasteiger partial charge in [0.25, 0.3) is 0 Å². The predicted octanol–water partition coefficient (Wildman–Crippen LogP) is 1.69. The Morgan fingerprint density at radius 2 is 2.12 bits per heavy atom. The summed E-state index contributed by atoms with van der Waals surface area (Å²) in [5, 5.41) is 4.37. The van der Waals surface area contributed by atoms with Crippen LogP contribution >= 0.6 is 0 Å². The molecular formula is C18H23FN4O2. The van der Waals surface area contributed by atoms with Crippen LogP contribution in [0.5, 0.6) is 0 Å². The smallest absolute Gasteiger partial charge is 0.342 e. The number of likely N-dealkylation sites (tertiary alicyclic amines) is 1. The minimum absolute atomic E-state index is 0.0344. The molecule has 1 saturated heterocycles. The summed E-state index contributed by atoms with van der Waals surface area (Å²) in [5.74, 6) is 0.329. The largest absolute Gasteiger partial charge is 0.345 e. The van der Waals surface area contributed by atoms with E-state index in [-0.39, 0.29) is 29.8 Å². The second kappa shape index (κ2) is 7.21. The highest BCUT2D eigenvalue weighted by molar-refractivity contribution is 5.79. The quantitative estimate of drug-likeness (QED) is 0.846. The van der Waals surface area contributed by atoms with Crippen LogP contribution in [-0.4, -0.2) is 38.2 Å². The van der Waals surface area contributed by atoms with Crippen molar-refractivity contribution in [1.29, 1.82) is 0 Å². The fourth-order valence-corrected chi connectivity index (χ4v) is 3.45. The number of hydrogen-bond donors (Lipinski definition) is 0. The molecule has 0 N–H and O–H groups in total. The van der Waals surface area contributed by atoms with Gasteiger partial charge in [-0.3, -0.25) is 9.36 Å². The Balaban J connectivity index is 1.75. The number of carbonyl (C=O) groups excluding carboxylic acids is 1. The van der Waals surface area contributed by atoms with Crippen molar-refractivity contribution in [2.24, 2.45) is 7.05 Å². The van der Waals surface area contributed by atoms with Gasteiger partial charge in [0.2, 0.25) is 5.91 Å². The second-order valence-electron chi connectivity index (χ2n) is 6.46. The molecule has 25 heavy (non-hydrogen) atoms. The molecule has 134 valence electrons. The number of amides is 1. The Morgan fingerprint density at radius 1 is 1.36 bits per heavy atom. The molecule has 0 aliphatic carbocycles. The van der Waals surface area contributed by atoms with Gasteiger partial charge < -0.3 is 4.90 Å². The number of hydrogen-bond acceptors (Lipinski definition) is 3. The van der Waals surface area contributed by atoms with Gasteiger partial charge in [0.1, 0.15) is 11.6 Å². The standard InChI is InChI=1S/C18H23FN4O2/c1-3-23-17(20-21(2)18(23)25)14-8-6-10-22(12-14)16(24)11-13-7-4-5-9-15(13)19/h4-5,7,9,14H,3,6,8,10-12H2,1-2H3. The van der Waals surface area contributed by atoms with Crippen LogP contribution in [0.1, 0.15) is 37.1 Å². The highest BCUT2D eigenvalue weighted by Gasteiger charge is 2.29. The number of aromatic nitrogens is 3. The van der Waals surface area contributed by atoms with Crippen LogP contribution in [-0.2, 0) is 24.8 Å². The van der Waals surface area contributed by atoms with E-state index in [9.17, 15) is 14.0 Å². The molecule has 0 spiro atoms. The van der Waals surface area contributed by atoms with Gasteiger partial charge >= 0.3 is 5.69 Å². The lowest BCUT2D eigenvalue weighted by Gasteiger charge is -2.32. The van der Waals surface area contributed by atoms with Crippen LogP contribution in [0.2, 0.25) is 0 Å². The van der Waals surface area contributed by atoms with Gasteiger partial charge in [-0.1, -0.05) is 18.2 Å². The molecule has 2 heterocycles. The minimum atomic E-state index is -0.353. The highest BCUT2D eigenvalue weighted by Crippen LogP contribution is 2.25. The SMILES string of the molecule is CCn1c(C2CCCN(C(=O)Cc3ccccc3F)C2)nn(C)c1=O. The van der Waals surface area contributed by atoms with Crippen molar-refractivity contribution < 1.29 is 9.18 Å². The van der Waals surface area contributed by atoms with E-state index in [1.165, 1.54) is 10.7 Å². The molecule has 1 aliphatic rings. The maximum Gasteiger partial charge on any atom is 0.345 e. The Labute approximate surface area is 145 Å². The number of aryl methyl sites for hydroxylation is 1.